The number of hydrogen-bond donors (Lipinski definition) is 0. The maximum Gasteiger partial charge on any atom is -1.00 e. The van der Waals surface area contributed by atoms with Crippen LogP contribution in [0.1, 0.15) is 139 Å². The molecule has 0 heterocycles. The molecule has 4 fully saturated rings. The molecule has 4 bridgehead atoms. The second-order valence-electron chi connectivity index (χ2n) is 19.7. The van der Waals surface area contributed by atoms with Gasteiger partial charge in [-0.2, -0.15) is 0 Å². The molecule has 0 saturated heterocycles. The first-order valence-electron chi connectivity index (χ1n) is 20.4. The van der Waals surface area contributed by atoms with Gasteiger partial charge in [0.15, 0.2) is 0 Å². The Morgan fingerprint density at radius 3 is 1.93 bits per heavy atom. The second-order valence-corrected chi connectivity index (χ2v) is 25.0. The molecule has 8 aliphatic rings. The van der Waals surface area contributed by atoms with Gasteiger partial charge in [-0.3, -0.25) is 0 Å². The zero-order valence-corrected chi connectivity index (χ0v) is 37.4. The van der Waals surface area contributed by atoms with Gasteiger partial charge in [-0.15, -0.1) is 0 Å². The fraction of sp³-hybridized carbons (Fsp3) is 0.460. The molecule has 280 valence electrons. The number of rotatable bonds is 5. The molecule has 3 aromatic carbocycles. The molecule has 3 aromatic rings. The minimum Gasteiger partial charge on any atom is -1.00 e. The summed E-state index contributed by atoms with van der Waals surface area (Å²) in [6.45, 7) is 19.5. The fourth-order valence-corrected chi connectivity index (χ4v) is 22.3. The van der Waals surface area contributed by atoms with E-state index < -0.39 is 21.3 Å². The van der Waals surface area contributed by atoms with Crippen LogP contribution < -0.4 is 24.8 Å². The van der Waals surface area contributed by atoms with Crippen LogP contribution in [0.15, 0.2) is 78.4 Å². The van der Waals surface area contributed by atoms with Crippen molar-refractivity contribution in [2.45, 2.75) is 118 Å². The van der Waals surface area contributed by atoms with E-state index in [1.807, 2.05) is 12.1 Å². The van der Waals surface area contributed by atoms with Crippen molar-refractivity contribution >= 4 is 14.9 Å². The fourth-order valence-electron chi connectivity index (χ4n) is 13.5. The van der Waals surface area contributed by atoms with E-state index in [4.69, 9.17) is 0 Å². The van der Waals surface area contributed by atoms with Crippen molar-refractivity contribution < 1.29 is 50.5 Å². The molecular formula is C50H55Cl2FZr. The smallest absolute Gasteiger partial charge is 1.00 e. The van der Waals surface area contributed by atoms with E-state index in [9.17, 15) is 4.39 Å². The summed E-state index contributed by atoms with van der Waals surface area (Å²) in [4.78, 5) is 0. The molecule has 0 radical (unpaired) electrons. The summed E-state index contributed by atoms with van der Waals surface area (Å²) < 4.78 is 20.4. The summed E-state index contributed by atoms with van der Waals surface area (Å²) in [5, 5.41) is 0. The van der Waals surface area contributed by atoms with Crippen LogP contribution in [0.3, 0.4) is 0 Å². The van der Waals surface area contributed by atoms with Crippen LogP contribution in [0, 0.1) is 34.9 Å². The quantitative estimate of drug-likeness (QED) is 0.203. The molecule has 0 aliphatic heterocycles. The van der Waals surface area contributed by atoms with Crippen LogP contribution in [-0.4, -0.2) is 3.71 Å². The summed E-state index contributed by atoms with van der Waals surface area (Å²) in [6.07, 6.45) is 16.4. The molecule has 0 spiro atoms. The van der Waals surface area contributed by atoms with Crippen LogP contribution in [-0.2, 0) is 38.5 Å². The molecule has 54 heavy (non-hydrogen) atoms. The van der Waals surface area contributed by atoms with Crippen LogP contribution in [0.2, 0.25) is 0 Å². The Bertz CT molecular complexity index is 2240. The van der Waals surface area contributed by atoms with Gasteiger partial charge in [0.05, 0.1) is 0 Å². The van der Waals surface area contributed by atoms with Gasteiger partial charge in [0.1, 0.15) is 0 Å². The van der Waals surface area contributed by atoms with Crippen LogP contribution in [0.4, 0.5) is 4.39 Å². The largest absolute Gasteiger partial charge is 1.00 e. The van der Waals surface area contributed by atoms with Gasteiger partial charge in [0, 0.05) is 0 Å². The van der Waals surface area contributed by atoms with Gasteiger partial charge in [0.2, 0.25) is 0 Å². The van der Waals surface area contributed by atoms with Gasteiger partial charge in [-0.25, -0.2) is 0 Å². The molecule has 0 nitrogen and oxygen atoms in total. The molecule has 1 atom stereocenters. The Balaban J connectivity index is 0.00000207. The zero-order valence-electron chi connectivity index (χ0n) is 33.5. The van der Waals surface area contributed by atoms with Crippen molar-refractivity contribution in [1.29, 1.82) is 0 Å². The van der Waals surface area contributed by atoms with Gasteiger partial charge in [-0.05, 0) is 0 Å². The normalized spacial score (nSPS) is 28.7. The summed E-state index contributed by atoms with van der Waals surface area (Å²) in [7, 11) is 0. The van der Waals surface area contributed by atoms with Gasteiger partial charge in [0.25, 0.3) is 0 Å². The van der Waals surface area contributed by atoms with Gasteiger partial charge >= 0.3 is 321 Å². The van der Waals surface area contributed by atoms with Crippen molar-refractivity contribution in [3.63, 3.8) is 0 Å². The average molecular weight is 837 g/mol. The van der Waals surface area contributed by atoms with Crippen molar-refractivity contribution in [2.75, 3.05) is 0 Å². The third kappa shape index (κ3) is 5.84. The zero-order chi connectivity index (χ0) is 36.1. The monoisotopic (exact) mass is 834 g/mol. The molecule has 4 saturated carbocycles. The Hall–Kier alpha value is -2.12. The summed E-state index contributed by atoms with van der Waals surface area (Å²) >= 11 is -2.71. The standard InChI is InChI=1S/C25H25.C18H25.C7H5F.2ClH.Zr/c1-14-12-24(3,4)22-8-16-7-17-9-23-19(15(2)13-25(23,5)6)11-21(17)20(16)10-18(14)22;1-12-3-13(2)17(4-12)11-18-8-14-5-15(9-18)7-16(6-14)10-18;1-6-2-4-7(8)5-3-6;;;/h8-12H,7H2,1-6H3;4,12,14-16H,5-11H2,1-2H3;1-5H;2*1H;/q;;;;;+2/p-2. The van der Waals surface area contributed by atoms with E-state index in [0.717, 1.165) is 24.2 Å². The third-order valence-electron chi connectivity index (χ3n) is 15.2. The maximum absolute atomic E-state index is 14.2. The van der Waals surface area contributed by atoms with E-state index in [-0.39, 0.29) is 41.5 Å². The number of hydrogen-bond acceptors (Lipinski definition) is 0. The Labute approximate surface area is 343 Å². The molecule has 0 aromatic heterocycles. The van der Waals surface area contributed by atoms with Crippen LogP contribution >= 0.6 is 0 Å². The van der Waals surface area contributed by atoms with Crippen molar-refractivity contribution in [2.24, 2.45) is 29.1 Å². The minimum atomic E-state index is -2.71. The number of benzene rings is 3. The topological polar surface area (TPSA) is 0 Å². The Kier molecular flexibility index (Phi) is 9.48. The van der Waals surface area contributed by atoms with Crippen LogP contribution in [0.5, 0.6) is 0 Å². The molecular weight excluding hydrogens is 782 g/mol. The van der Waals surface area contributed by atoms with E-state index in [1.54, 1.807) is 29.8 Å². The first-order chi connectivity index (χ1) is 24.7. The number of halogens is 3. The minimum absolute atomic E-state index is 0. The molecule has 1 unspecified atom stereocenters. The van der Waals surface area contributed by atoms with Gasteiger partial charge < -0.3 is 24.8 Å². The van der Waals surface area contributed by atoms with E-state index in [0.29, 0.717) is 11.3 Å². The molecule has 11 rings (SSSR count). The summed E-state index contributed by atoms with van der Waals surface area (Å²) in [6, 6.07) is 17.6. The molecule has 8 aliphatic carbocycles. The van der Waals surface area contributed by atoms with Crippen molar-refractivity contribution in [3.8, 4) is 11.1 Å². The predicted octanol–water partition coefficient (Wildman–Crippen LogP) is 7.05. The molecule has 0 amide bonds. The number of allylic oxidation sites excluding steroid dienone is 8. The molecule has 4 heteroatoms. The van der Waals surface area contributed by atoms with E-state index in [1.165, 1.54) is 106 Å². The van der Waals surface area contributed by atoms with E-state index in [2.05, 4.69) is 95.5 Å². The third-order valence-corrected chi connectivity index (χ3v) is 24.0. The summed E-state index contributed by atoms with van der Waals surface area (Å²) in [5.41, 5.74) is 19.8. The first-order valence-corrected chi connectivity index (χ1v) is 24.2. The Morgan fingerprint density at radius 2 is 1.31 bits per heavy atom. The SMILES string of the molecule is CC1=CC(C)(C)c2cc3c(cc21)-c1cc2c(cc1C3)C(C)(C)[C]([Zr+2](=[CH]c1ccc(F)cc1)[C]1=C(C)C(CC34CC5CC(CC(C5)C3)C4)=CC1C)=C2C.[Cl-].[Cl-]. The predicted molar refractivity (Wildman–Crippen MR) is 214 cm³/mol. The maximum atomic E-state index is 14.2. The van der Waals surface area contributed by atoms with Crippen molar-refractivity contribution in [1.82, 2.24) is 0 Å². The van der Waals surface area contributed by atoms with Gasteiger partial charge in [-0.1, -0.05) is 0 Å². The number of fused-ring (bicyclic) bond motifs is 5. The first kappa shape index (κ1) is 38.7. The average Bonchev–Trinajstić information content (AvgIpc) is 3.70. The van der Waals surface area contributed by atoms with E-state index >= 15 is 0 Å². The molecule has 0 N–H and O–H groups in total. The summed E-state index contributed by atoms with van der Waals surface area (Å²) in [5.74, 6) is 3.28. The second kappa shape index (κ2) is 13.2. The Morgan fingerprint density at radius 1 is 0.741 bits per heavy atom. The van der Waals surface area contributed by atoms with Crippen molar-refractivity contribution in [3.05, 3.63) is 123 Å². The van der Waals surface area contributed by atoms with Crippen LogP contribution in [0.25, 0.3) is 22.3 Å².